The Morgan fingerprint density at radius 3 is 2.33 bits per heavy atom. The fourth-order valence-electron chi connectivity index (χ4n) is 2.71. The van der Waals surface area contributed by atoms with Crippen molar-refractivity contribution in [1.82, 2.24) is 10.2 Å². The third-order valence-corrected chi connectivity index (χ3v) is 3.80. The SMILES string of the molecule is CCOC1CCN(C(CC)CNCC(C)C)CC1. The van der Waals surface area contributed by atoms with Crippen molar-refractivity contribution in [2.75, 3.05) is 32.8 Å². The van der Waals surface area contributed by atoms with Gasteiger partial charge in [0.25, 0.3) is 0 Å². The van der Waals surface area contributed by atoms with Crippen LogP contribution in [0.3, 0.4) is 0 Å². The Balaban J connectivity index is 2.25. The lowest BCUT2D eigenvalue weighted by Crippen LogP contribution is -2.47. The van der Waals surface area contributed by atoms with Crippen molar-refractivity contribution in [2.45, 2.75) is 59.1 Å². The molecule has 108 valence electrons. The van der Waals surface area contributed by atoms with Gasteiger partial charge < -0.3 is 10.1 Å². The molecule has 0 aromatic heterocycles. The molecular formula is C15H32N2O. The van der Waals surface area contributed by atoms with Crippen molar-refractivity contribution < 1.29 is 4.74 Å². The summed E-state index contributed by atoms with van der Waals surface area (Å²) in [5, 5.41) is 3.60. The van der Waals surface area contributed by atoms with Gasteiger partial charge in [-0.05, 0) is 38.6 Å². The van der Waals surface area contributed by atoms with Crippen LogP contribution in [0.25, 0.3) is 0 Å². The maximum absolute atomic E-state index is 5.71. The summed E-state index contributed by atoms with van der Waals surface area (Å²) in [7, 11) is 0. The molecule has 0 bridgehead atoms. The first kappa shape index (κ1) is 15.9. The molecule has 1 aliphatic heterocycles. The normalized spacial score (nSPS) is 20.5. The molecule has 0 aliphatic carbocycles. The first-order valence-electron chi connectivity index (χ1n) is 7.73. The number of hydrogen-bond acceptors (Lipinski definition) is 3. The van der Waals surface area contributed by atoms with Crippen molar-refractivity contribution in [3.63, 3.8) is 0 Å². The Morgan fingerprint density at radius 2 is 1.83 bits per heavy atom. The van der Waals surface area contributed by atoms with Gasteiger partial charge in [0.1, 0.15) is 0 Å². The molecule has 1 aliphatic rings. The zero-order valence-electron chi connectivity index (χ0n) is 12.7. The second-order valence-corrected chi connectivity index (χ2v) is 5.80. The van der Waals surface area contributed by atoms with E-state index >= 15 is 0 Å². The zero-order valence-corrected chi connectivity index (χ0v) is 12.7. The molecule has 3 heteroatoms. The Labute approximate surface area is 113 Å². The molecule has 1 rings (SSSR count). The molecule has 1 unspecified atom stereocenters. The summed E-state index contributed by atoms with van der Waals surface area (Å²) >= 11 is 0. The summed E-state index contributed by atoms with van der Waals surface area (Å²) in [5.74, 6) is 0.742. The van der Waals surface area contributed by atoms with E-state index in [4.69, 9.17) is 4.74 Å². The summed E-state index contributed by atoms with van der Waals surface area (Å²) in [6.07, 6.45) is 4.15. The van der Waals surface area contributed by atoms with Crippen molar-refractivity contribution in [1.29, 1.82) is 0 Å². The van der Waals surface area contributed by atoms with E-state index in [0.29, 0.717) is 12.1 Å². The highest BCUT2D eigenvalue weighted by Crippen LogP contribution is 2.17. The highest BCUT2D eigenvalue weighted by molar-refractivity contribution is 4.79. The number of piperidine rings is 1. The van der Waals surface area contributed by atoms with Crippen LogP contribution in [-0.2, 0) is 4.74 Å². The van der Waals surface area contributed by atoms with E-state index in [2.05, 4.69) is 37.9 Å². The number of ether oxygens (including phenoxy) is 1. The van der Waals surface area contributed by atoms with Crippen molar-refractivity contribution in [2.24, 2.45) is 5.92 Å². The smallest absolute Gasteiger partial charge is 0.0599 e. The summed E-state index contributed by atoms with van der Waals surface area (Å²) in [6.45, 7) is 14.5. The van der Waals surface area contributed by atoms with E-state index in [1.54, 1.807) is 0 Å². The van der Waals surface area contributed by atoms with Gasteiger partial charge in [-0.1, -0.05) is 20.8 Å². The monoisotopic (exact) mass is 256 g/mol. The lowest BCUT2D eigenvalue weighted by Gasteiger charge is -2.37. The molecule has 1 fully saturated rings. The molecule has 1 N–H and O–H groups in total. The maximum atomic E-state index is 5.71. The van der Waals surface area contributed by atoms with Crippen LogP contribution in [0.2, 0.25) is 0 Å². The molecule has 1 saturated heterocycles. The zero-order chi connectivity index (χ0) is 13.4. The van der Waals surface area contributed by atoms with E-state index < -0.39 is 0 Å². The predicted molar refractivity (Wildman–Crippen MR) is 78.0 cm³/mol. The standard InChI is InChI=1S/C15H32N2O/c1-5-14(12-16-11-13(3)4)17-9-7-15(8-10-17)18-6-2/h13-16H,5-12H2,1-4H3. The van der Waals surface area contributed by atoms with Gasteiger partial charge in [0, 0.05) is 32.3 Å². The quantitative estimate of drug-likeness (QED) is 0.722. The van der Waals surface area contributed by atoms with Crippen LogP contribution in [0.5, 0.6) is 0 Å². The Bertz CT molecular complexity index is 201. The molecule has 0 saturated carbocycles. The van der Waals surface area contributed by atoms with Gasteiger partial charge in [-0.3, -0.25) is 4.90 Å². The van der Waals surface area contributed by atoms with E-state index in [1.807, 2.05) is 0 Å². The number of rotatable bonds is 8. The lowest BCUT2D eigenvalue weighted by molar-refractivity contribution is 0.00354. The third-order valence-electron chi connectivity index (χ3n) is 3.80. The Hall–Kier alpha value is -0.120. The van der Waals surface area contributed by atoms with Gasteiger partial charge in [-0.15, -0.1) is 0 Å². The van der Waals surface area contributed by atoms with Crippen LogP contribution < -0.4 is 5.32 Å². The number of likely N-dealkylation sites (tertiary alicyclic amines) is 1. The van der Waals surface area contributed by atoms with Crippen LogP contribution in [0.4, 0.5) is 0 Å². The van der Waals surface area contributed by atoms with Gasteiger partial charge in [0.2, 0.25) is 0 Å². The minimum absolute atomic E-state index is 0.507. The Morgan fingerprint density at radius 1 is 1.17 bits per heavy atom. The number of nitrogens with one attached hydrogen (secondary N) is 1. The average Bonchev–Trinajstić information content (AvgIpc) is 2.36. The second-order valence-electron chi connectivity index (χ2n) is 5.80. The first-order valence-corrected chi connectivity index (χ1v) is 7.73. The van der Waals surface area contributed by atoms with Crippen LogP contribution in [0.1, 0.15) is 47.0 Å². The summed E-state index contributed by atoms with van der Waals surface area (Å²) in [4.78, 5) is 2.64. The van der Waals surface area contributed by atoms with E-state index in [1.165, 1.54) is 32.4 Å². The molecule has 0 aromatic carbocycles. The molecule has 3 nitrogen and oxygen atoms in total. The van der Waals surface area contributed by atoms with E-state index in [0.717, 1.165) is 25.6 Å². The average molecular weight is 256 g/mol. The van der Waals surface area contributed by atoms with Crippen molar-refractivity contribution in [3.05, 3.63) is 0 Å². The van der Waals surface area contributed by atoms with Crippen molar-refractivity contribution >= 4 is 0 Å². The van der Waals surface area contributed by atoms with Gasteiger partial charge in [-0.2, -0.15) is 0 Å². The number of hydrogen-bond donors (Lipinski definition) is 1. The minimum atomic E-state index is 0.507. The molecule has 0 spiro atoms. The fourth-order valence-corrected chi connectivity index (χ4v) is 2.71. The topological polar surface area (TPSA) is 24.5 Å². The molecule has 1 heterocycles. The maximum Gasteiger partial charge on any atom is 0.0599 e. The number of nitrogens with zero attached hydrogens (tertiary/aromatic N) is 1. The van der Waals surface area contributed by atoms with Gasteiger partial charge >= 0.3 is 0 Å². The largest absolute Gasteiger partial charge is 0.378 e. The highest BCUT2D eigenvalue weighted by atomic mass is 16.5. The van der Waals surface area contributed by atoms with E-state index in [9.17, 15) is 0 Å². The van der Waals surface area contributed by atoms with Crippen LogP contribution in [0, 0.1) is 5.92 Å². The van der Waals surface area contributed by atoms with Crippen LogP contribution in [-0.4, -0.2) is 49.8 Å². The summed E-state index contributed by atoms with van der Waals surface area (Å²) in [6, 6.07) is 0.700. The van der Waals surface area contributed by atoms with Crippen LogP contribution >= 0.6 is 0 Å². The van der Waals surface area contributed by atoms with Crippen LogP contribution in [0.15, 0.2) is 0 Å². The Kier molecular flexibility index (Phi) is 7.87. The molecular weight excluding hydrogens is 224 g/mol. The highest BCUT2D eigenvalue weighted by Gasteiger charge is 2.23. The van der Waals surface area contributed by atoms with Crippen molar-refractivity contribution in [3.8, 4) is 0 Å². The fraction of sp³-hybridized carbons (Fsp3) is 1.00. The predicted octanol–water partition coefficient (Wildman–Crippen LogP) is 2.51. The lowest BCUT2D eigenvalue weighted by atomic mass is 10.0. The second kappa shape index (κ2) is 8.89. The third kappa shape index (κ3) is 5.68. The molecule has 18 heavy (non-hydrogen) atoms. The van der Waals surface area contributed by atoms with Gasteiger partial charge in [0.05, 0.1) is 6.10 Å². The van der Waals surface area contributed by atoms with E-state index in [-0.39, 0.29) is 0 Å². The molecule has 1 atom stereocenters. The first-order chi connectivity index (χ1) is 8.67. The molecule has 0 amide bonds. The van der Waals surface area contributed by atoms with Gasteiger partial charge in [-0.25, -0.2) is 0 Å². The summed E-state index contributed by atoms with van der Waals surface area (Å²) in [5.41, 5.74) is 0. The summed E-state index contributed by atoms with van der Waals surface area (Å²) < 4.78 is 5.71. The molecule has 0 radical (unpaired) electrons. The van der Waals surface area contributed by atoms with Gasteiger partial charge in [0.15, 0.2) is 0 Å². The molecule has 0 aromatic rings. The minimum Gasteiger partial charge on any atom is -0.378 e.